The van der Waals surface area contributed by atoms with Crippen molar-refractivity contribution in [1.82, 2.24) is 0 Å². The summed E-state index contributed by atoms with van der Waals surface area (Å²) in [6.07, 6.45) is -1.93. The van der Waals surface area contributed by atoms with Crippen LogP contribution in [0.15, 0.2) is 23.3 Å². The predicted octanol–water partition coefficient (Wildman–Crippen LogP) is 3.09. The van der Waals surface area contributed by atoms with Gasteiger partial charge in [0.1, 0.15) is 6.10 Å². The van der Waals surface area contributed by atoms with Crippen LogP contribution >= 0.6 is 23.2 Å². The molecule has 0 spiro atoms. The summed E-state index contributed by atoms with van der Waals surface area (Å²) in [7, 11) is 0. The van der Waals surface area contributed by atoms with Gasteiger partial charge in [0.25, 0.3) is 0 Å². The van der Waals surface area contributed by atoms with E-state index < -0.39 is 12.2 Å². The maximum absolute atomic E-state index is 9.82. The van der Waals surface area contributed by atoms with Gasteiger partial charge in [-0.05, 0) is 29.6 Å². The molecule has 1 aromatic rings. The van der Waals surface area contributed by atoms with Crippen LogP contribution in [-0.2, 0) is 0 Å². The van der Waals surface area contributed by atoms with Crippen molar-refractivity contribution in [1.29, 1.82) is 0 Å². The second-order valence-corrected chi connectivity index (χ2v) is 4.24. The second kappa shape index (κ2) is 6.69. The first-order chi connectivity index (χ1) is 8.06. The Morgan fingerprint density at radius 1 is 1.29 bits per heavy atom. The van der Waals surface area contributed by atoms with Gasteiger partial charge in [-0.2, -0.15) is 0 Å². The monoisotopic (exact) mass is 275 g/mol. The van der Waals surface area contributed by atoms with E-state index in [0.717, 1.165) is 0 Å². The van der Waals surface area contributed by atoms with Crippen LogP contribution in [0.2, 0.25) is 10.0 Å². The lowest BCUT2D eigenvalue weighted by Gasteiger charge is -2.17. The highest BCUT2D eigenvalue weighted by atomic mass is 35.5. The van der Waals surface area contributed by atoms with Gasteiger partial charge in [0, 0.05) is 11.5 Å². The normalized spacial score (nSPS) is 13.9. The Hall–Kier alpha value is -0.970. The Morgan fingerprint density at radius 3 is 2.59 bits per heavy atom. The standard InChI is InChI=1S/C10H11Cl2N3O2/c11-7-2-1-6(5-8(7)12)10(17)9(16)3-4-14-15-13/h1-2,5,9-10,16-17H,3-4H2. The van der Waals surface area contributed by atoms with E-state index in [2.05, 4.69) is 10.0 Å². The minimum Gasteiger partial charge on any atom is -0.390 e. The third kappa shape index (κ3) is 4.07. The van der Waals surface area contributed by atoms with Crippen LogP contribution in [0.5, 0.6) is 0 Å². The Labute approximate surface area is 108 Å². The minimum atomic E-state index is -1.08. The molecule has 0 saturated carbocycles. The van der Waals surface area contributed by atoms with Crippen LogP contribution in [0.3, 0.4) is 0 Å². The van der Waals surface area contributed by atoms with E-state index >= 15 is 0 Å². The van der Waals surface area contributed by atoms with Crippen LogP contribution in [0, 0.1) is 0 Å². The quantitative estimate of drug-likeness (QED) is 0.491. The first-order valence-electron chi connectivity index (χ1n) is 4.88. The summed E-state index contributed by atoms with van der Waals surface area (Å²) in [5, 5.41) is 23.4. The molecule has 92 valence electrons. The van der Waals surface area contributed by atoms with E-state index in [9.17, 15) is 10.2 Å². The molecular formula is C10H11Cl2N3O2. The summed E-state index contributed by atoms with van der Waals surface area (Å²) >= 11 is 11.5. The largest absolute Gasteiger partial charge is 0.390 e. The molecule has 17 heavy (non-hydrogen) atoms. The number of aliphatic hydroxyl groups is 2. The summed E-state index contributed by atoms with van der Waals surface area (Å²) in [5.74, 6) is 0. The van der Waals surface area contributed by atoms with Gasteiger partial charge in [-0.3, -0.25) is 0 Å². The number of nitrogens with zero attached hydrogens (tertiary/aromatic N) is 3. The summed E-state index contributed by atoms with van der Waals surface area (Å²) in [4.78, 5) is 2.56. The van der Waals surface area contributed by atoms with E-state index in [1.807, 2.05) is 0 Å². The van der Waals surface area contributed by atoms with E-state index in [1.54, 1.807) is 12.1 Å². The second-order valence-electron chi connectivity index (χ2n) is 3.43. The summed E-state index contributed by atoms with van der Waals surface area (Å²) in [6.45, 7) is 0.121. The number of hydrogen-bond donors (Lipinski definition) is 2. The van der Waals surface area contributed by atoms with Gasteiger partial charge in [-0.25, -0.2) is 0 Å². The Balaban J connectivity index is 2.70. The predicted molar refractivity (Wildman–Crippen MR) is 66.1 cm³/mol. The number of azide groups is 1. The zero-order valence-corrected chi connectivity index (χ0v) is 10.3. The maximum atomic E-state index is 9.82. The van der Waals surface area contributed by atoms with Crippen molar-refractivity contribution >= 4 is 23.2 Å². The molecule has 0 fully saturated rings. The van der Waals surface area contributed by atoms with Gasteiger partial charge in [-0.1, -0.05) is 34.4 Å². The van der Waals surface area contributed by atoms with Crippen LogP contribution < -0.4 is 0 Å². The van der Waals surface area contributed by atoms with Gasteiger partial charge < -0.3 is 10.2 Å². The van der Waals surface area contributed by atoms with Gasteiger partial charge in [0.2, 0.25) is 0 Å². The van der Waals surface area contributed by atoms with E-state index in [-0.39, 0.29) is 13.0 Å². The highest BCUT2D eigenvalue weighted by molar-refractivity contribution is 6.42. The number of aliphatic hydroxyl groups excluding tert-OH is 2. The third-order valence-electron chi connectivity index (χ3n) is 2.24. The highest BCUT2D eigenvalue weighted by Gasteiger charge is 2.18. The van der Waals surface area contributed by atoms with E-state index in [4.69, 9.17) is 28.7 Å². The van der Waals surface area contributed by atoms with Gasteiger partial charge >= 0.3 is 0 Å². The smallest absolute Gasteiger partial charge is 0.105 e. The first kappa shape index (κ1) is 14.1. The molecule has 0 aliphatic heterocycles. The molecule has 0 amide bonds. The van der Waals surface area contributed by atoms with Crippen molar-refractivity contribution in [2.24, 2.45) is 5.11 Å². The zero-order valence-electron chi connectivity index (χ0n) is 8.79. The topological polar surface area (TPSA) is 89.2 Å². The Bertz CT molecular complexity index is 436. The molecule has 0 bridgehead atoms. The summed E-state index contributed by atoms with van der Waals surface area (Å²) in [5.41, 5.74) is 8.55. The molecule has 0 aliphatic rings. The number of halogens is 2. The molecule has 2 unspecified atom stereocenters. The highest BCUT2D eigenvalue weighted by Crippen LogP contribution is 2.27. The maximum Gasteiger partial charge on any atom is 0.105 e. The van der Waals surface area contributed by atoms with Gasteiger partial charge in [-0.15, -0.1) is 0 Å². The van der Waals surface area contributed by atoms with Crippen LogP contribution in [0.25, 0.3) is 10.4 Å². The number of rotatable bonds is 5. The van der Waals surface area contributed by atoms with Crippen molar-refractivity contribution in [3.63, 3.8) is 0 Å². The van der Waals surface area contributed by atoms with Crippen LogP contribution in [0.4, 0.5) is 0 Å². The fourth-order valence-corrected chi connectivity index (χ4v) is 1.62. The van der Waals surface area contributed by atoms with Crippen molar-refractivity contribution < 1.29 is 10.2 Å². The molecule has 1 rings (SSSR count). The molecule has 2 N–H and O–H groups in total. The van der Waals surface area contributed by atoms with Gasteiger partial charge in [0.15, 0.2) is 0 Å². The molecule has 0 saturated heterocycles. The zero-order chi connectivity index (χ0) is 12.8. The fraction of sp³-hybridized carbons (Fsp3) is 0.400. The molecular weight excluding hydrogens is 265 g/mol. The van der Waals surface area contributed by atoms with Crippen molar-refractivity contribution in [2.45, 2.75) is 18.6 Å². The lowest BCUT2D eigenvalue weighted by molar-refractivity contribution is 0.0150. The van der Waals surface area contributed by atoms with Gasteiger partial charge in [0.05, 0.1) is 16.1 Å². The average molecular weight is 276 g/mol. The fourth-order valence-electron chi connectivity index (χ4n) is 1.31. The lowest BCUT2D eigenvalue weighted by atomic mass is 10.0. The molecule has 2 atom stereocenters. The molecule has 0 aliphatic carbocycles. The summed E-state index contributed by atoms with van der Waals surface area (Å²) in [6, 6.07) is 4.61. The van der Waals surface area contributed by atoms with Crippen LogP contribution in [0.1, 0.15) is 18.1 Å². The van der Waals surface area contributed by atoms with Crippen molar-refractivity contribution in [2.75, 3.05) is 6.54 Å². The van der Waals surface area contributed by atoms with Crippen molar-refractivity contribution in [3.8, 4) is 0 Å². The minimum absolute atomic E-state index is 0.121. The molecule has 5 nitrogen and oxygen atoms in total. The third-order valence-corrected chi connectivity index (χ3v) is 2.98. The first-order valence-corrected chi connectivity index (χ1v) is 5.63. The number of benzene rings is 1. The molecule has 0 aromatic heterocycles. The Kier molecular flexibility index (Phi) is 5.55. The van der Waals surface area contributed by atoms with Crippen molar-refractivity contribution in [3.05, 3.63) is 44.3 Å². The molecule has 1 aromatic carbocycles. The van der Waals surface area contributed by atoms with E-state index in [0.29, 0.717) is 15.6 Å². The SMILES string of the molecule is [N-]=[N+]=NCCC(O)C(O)c1ccc(Cl)c(Cl)c1. The molecule has 0 radical (unpaired) electrons. The summed E-state index contributed by atoms with van der Waals surface area (Å²) < 4.78 is 0. The molecule has 7 heteroatoms. The van der Waals surface area contributed by atoms with E-state index in [1.165, 1.54) is 6.07 Å². The molecule has 0 heterocycles. The average Bonchev–Trinajstić information content (AvgIpc) is 2.32. The lowest BCUT2D eigenvalue weighted by Crippen LogP contribution is -2.19. The van der Waals surface area contributed by atoms with Crippen LogP contribution in [-0.4, -0.2) is 22.9 Å². The number of hydrogen-bond acceptors (Lipinski definition) is 3. The Morgan fingerprint density at radius 2 is 2.00 bits per heavy atom.